The number of rotatable bonds is 3. The van der Waals surface area contributed by atoms with Gasteiger partial charge in [-0.05, 0) is 6.92 Å². The van der Waals surface area contributed by atoms with Gasteiger partial charge in [0, 0.05) is 0 Å². The van der Waals surface area contributed by atoms with Crippen LogP contribution in [0.25, 0.3) is 0 Å². The molecule has 2 N–H and O–H groups in total. The lowest BCUT2D eigenvalue weighted by Gasteiger charge is -1.96. The fourth-order valence-corrected chi connectivity index (χ4v) is 0.680. The summed E-state index contributed by atoms with van der Waals surface area (Å²) >= 11 is 0. The molecule has 0 atom stereocenters. The number of hydrogen-bond donors (Lipinski definition) is 1. The number of carbonyl (C=O) groups is 2. The first-order valence-electron chi connectivity index (χ1n) is 2.56. The summed E-state index contributed by atoms with van der Waals surface area (Å²) in [5, 5.41) is 4.33. The van der Waals surface area contributed by atoms with Gasteiger partial charge in [0.1, 0.15) is 12.2 Å². The lowest BCUT2D eigenvalue weighted by Crippen LogP contribution is -2.21. The second-order valence-electron chi connectivity index (χ2n) is 1.83. The highest BCUT2D eigenvalue weighted by atomic mass is 32.2. The highest BCUT2D eigenvalue weighted by Gasteiger charge is 2.12. The summed E-state index contributed by atoms with van der Waals surface area (Å²) in [5.74, 6) is -1.65. The van der Waals surface area contributed by atoms with Crippen LogP contribution in [-0.4, -0.2) is 20.2 Å². The molecule has 0 spiro atoms. The molecule has 0 aromatic heterocycles. The number of nitrogens with two attached hydrogens (primary N) is 1. The number of hydrogen-bond acceptors (Lipinski definition) is 5. The molecule has 0 unspecified atom stereocenters. The molecule has 0 aliphatic rings. The second-order valence-corrected chi connectivity index (χ2v) is 2.98. The Morgan fingerprint density at radius 2 is 1.91 bits per heavy atom. The van der Waals surface area contributed by atoms with Gasteiger partial charge in [0.2, 0.25) is 0 Å². The van der Waals surface area contributed by atoms with Gasteiger partial charge in [0.15, 0.2) is 0 Å². The van der Waals surface area contributed by atoms with Gasteiger partial charge in [0.25, 0.3) is 0 Å². The van der Waals surface area contributed by atoms with Gasteiger partial charge in [-0.2, -0.15) is 13.6 Å². The first kappa shape index (κ1) is 10.0. The zero-order chi connectivity index (χ0) is 9.07. The Kier molecular flexibility index (Phi) is 3.15. The van der Waals surface area contributed by atoms with E-state index in [0.717, 1.165) is 6.92 Å². The minimum Gasteiger partial charge on any atom is -0.334 e. The van der Waals surface area contributed by atoms with E-state index in [1.54, 1.807) is 0 Å². The van der Waals surface area contributed by atoms with E-state index in [4.69, 9.17) is 0 Å². The zero-order valence-corrected chi connectivity index (χ0v) is 6.55. The molecule has 0 aromatic carbocycles. The highest BCUT2D eigenvalue weighted by Crippen LogP contribution is 1.90. The summed E-state index contributed by atoms with van der Waals surface area (Å²) in [7, 11) is -4.27. The number of ketones is 1. The number of Topliss-reactive ketones (excluding diaryl/α,β-unsaturated/α-hetero) is 1. The van der Waals surface area contributed by atoms with Crippen LogP contribution in [0.2, 0.25) is 0 Å². The molecule has 7 heteroatoms. The lowest BCUT2D eigenvalue weighted by molar-refractivity contribution is -0.136. The molecule has 0 saturated carbocycles. The Morgan fingerprint density at radius 3 is 2.18 bits per heavy atom. The lowest BCUT2D eigenvalue weighted by atomic mass is 10.3. The highest BCUT2D eigenvalue weighted by molar-refractivity contribution is 7.84. The maximum Gasteiger partial charge on any atom is 0.382 e. The van der Waals surface area contributed by atoms with Crippen molar-refractivity contribution in [2.45, 2.75) is 13.3 Å². The van der Waals surface area contributed by atoms with E-state index in [1.807, 2.05) is 0 Å². The Labute approximate surface area is 63.6 Å². The predicted molar refractivity (Wildman–Crippen MR) is 34.5 cm³/mol. The van der Waals surface area contributed by atoms with E-state index in [9.17, 15) is 18.0 Å². The molecular weight excluding hydrogens is 174 g/mol. The van der Waals surface area contributed by atoms with E-state index < -0.39 is 28.5 Å². The van der Waals surface area contributed by atoms with Crippen LogP contribution < -0.4 is 5.14 Å². The summed E-state index contributed by atoms with van der Waals surface area (Å²) in [5.41, 5.74) is 0. The van der Waals surface area contributed by atoms with Crippen molar-refractivity contribution < 1.29 is 22.2 Å². The molecule has 0 aromatic rings. The summed E-state index contributed by atoms with van der Waals surface area (Å²) in [4.78, 5) is 20.6. The van der Waals surface area contributed by atoms with E-state index in [0.29, 0.717) is 0 Å². The minimum absolute atomic E-state index is 0.487. The summed E-state index contributed by atoms with van der Waals surface area (Å²) in [6.07, 6.45) is -0.587. The third kappa shape index (κ3) is 6.94. The van der Waals surface area contributed by atoms with Gasteiger partial charge in [-0.15, -0.1) is 0 Å². The molecule has 0 aliphatic carbocycles. The molecule has 0 bridgehead atoms. The molecule has 0 fully saturated rings. The van der Waals surface area contributed by atoms with Crippen LogP contribution in [0, 0.1) is 0 Å². The maximum atomic E-state index is 10.4. The molecule has 6 nitrogen and oxygen atoms in total. The van der Waals surface area contributed by atoms with Crippen molar-refractivity contribution in [3.63, 3.8) is 0 Å². The van der Waals surface area contributed by atoms with E-state index in [-0.39, 0.29) is 0 Å². The standard InChI is InChI=1S/C4H7NO5S/c1-3(6)2-4(7)10-11(5,8)9/h2H2,1H3,(H2,5,8,9). The van der Waals surface area contributed by atoms with E-state index in [1.165, 1.54) is 0 Å². The average molecular weight is 181 g/mol. The first-order valence-corrected chi connectivity index (χ1v) is 4.03. The van der Waals surface area contributed by atoms with E-state index >= 15 is 0 Å². The van der Waals surface area contributed by atoms with Crippen LogP contribution in [0.15, 0.2) is 0 Å². The van der Waals surface area contributed by atoms with Crippen molar-refractivity contribution in [1.29, 1.82) is 0 Å². The Balaban J connectivity index is 4.01. The van der Waals surface area contributed by atoms with Crippen molar-refractivity contribution in [3.05, 3.63) is 0 Å². The van der Waals surface area contributed by atoms with Crippen LogP contribution in [0.4, 0.5) is 0 Å². The van der Waals surface area contributed by atoms with Crippen LogP contribution in [0.1, 0.15) is 13.3 Å². The van der Waals surface area contributed by atoms with Gasteiger partial charge in [-0.1, -0.05) is 0 Å². The normalized spacial score (nSPS) is 10.7. The predicted octanol–water partition coefficient (Wildman–Crippen LogP) is -1.29. The average Bonchev–Trinajstić information content (AvgIpc) is 1.53. The largest absolute Gasteiger partial charge is 0.382 e. The van der Waals surface area contributed by atoms with Crippen molar-refractivity contribution in [2.24, 2.45) is 5.14 Å². The number of carbonyl (C=O) groups excluding carboxylic acids is 2. The summed E-state index contributed by atoms with van der Waals surface area (Å²) in [6, 6.07) is 0. The van der Waals surface area contributed by atoms with Gasteiger partial charge < -0.3 is 4.18 Å². The minimum atomic E-state index is -4.27. The van der Waals surface area contributed by atoms with Gasteiger partial charge in [-0.25, -0.2) is 0 Å². The van der Waals surface area contributed by atoms with Crippen molar-refractivity contribution in [1.82, 2.24) is 0 Å². The monoisotopic (exact) mass is 181 g/mol. The Hall–Kier alpha value is -0.950. The van der Waals surface area contributed by atoms with Gasteiger partial charge >= 0.3 is 16.3 Å². The molecule has 0 saturated heterocycles. The fraction of sp³-hybridized carbons (Fsp3) is 0.500. The topological polar surface area (TPSA) is 104 Å². The second kappa shape index (κ2) is 3.44. The van der Waals surface area contributed by atoms with Crippen LogP contribution >= 0.6 is 0 Å². The van der Waals surface area contributed by atoms with Gasteiger partial charge in [0.05, 0.1) is 0 Å². The zero-order valence-electron chi connectivity index (χ0n) is 5.73. The van der Waals surface area contributed by atoms with Crippen LogP contribution in [-0.2, 0) is 24.1 Å². The quantitative estimate of drug-likeness (QED) is 0.545. The molecule has 0 rings (SSSR count). The van der Waals surface area contributed by atoms with Gasteiger partial charge in [-0.3, -0.25) is 9.59 Å². The Morgan fingerprint density at radius 1 is 1.45 bits per heavy atom. The van der Waals surface area contributed by atoms with Crippen molar-refractivity contribution >= 4 is 22.1 Å². The van der Waals surface area contributed by atoms with Crippen molar-refractivity contribution in [2.75, 3.05) is 0 Å². The smallest absolute Gasteiger partial charge is 0.334 e. The van der Waals surface area contributed by atoms with E-state index in [2.05, 4.69) is 9.32 Å². The molecule has 0 heterocycles. The molecular formula is C4H7NO5S. The molecule has 0 amide bonds. The fourth-order valence-electron chi connectivity index (χ4n) is 0.362. The molecule has 11 heavy (non-hydrogen) atoms. The first-order chi connectivity index (χ1) is 4.81. The molecule has 0 radical (unpaired) electrons. The van der Waals surface area contributed by atoms with Crippen molar-refractivity contribution in [3.8, 4) is 0 Å². The van der Waals surface area contributed by atoms with Crippen LogP contribution in [0.3, 0.4) is 0 Å². The third-order valence-corrected chi connectivity index (χ3v) is 1.02. The SMILES string of the molecule is CC(=O)CC(=O)OS(N)(=O)=O. The maximum absolute atomic E-state index is 10.4. The summed E-state index contributed by atoms with van der Waals surface area (Å²) in [6.45, 7) is 1.13. The van der Waals surface area contributed by atoms with Crippen LogP contribution in [0.5, 0.6) is 0 Å². The molecule has 0 aliphatic heterocycles. The third-order valence-electron chi connectivity index (χ3n) is 0.602. The molecule has 64 valence electrons. The Bertz CT molecular complexity index is 266. The summed E-state index contributed by atoms with van der Waals surface area (Å²) < 4.78 is 23.7.